The summed E-state index contributed by atoms with van der Waals surface area (Å²) in [6, 6.07) is 46.8. The number of aliphatic hydroxyl groups is 8. The summed E-state index contributed by atoms with van der Waals surface area (Å²) in [6.07, 6.45) is -10.4. The average Bonchev–Trinajstić information content (AvgIpc) is 1.51. The van der Waals surface area contributed by atoms with E-state index in [1.54, 1.807) is 114 Å². The number of nitrogens with zero attached hydrogens (tertiary/aromatic N) is 5. The number of hydrogen-bond acceptors (Lipinski definition) is 30. The standard InChI is InChI=1S/C83H83N7O25S/c91-45-70-72(98)74(100)76(102)80(113-70)110-59-21-9-50(10-22-59)66(96)42-84-40-47-1-17-57(18-2-47)108-79(109-58-19-3-48(4-20-58)41-85-43-67(97)51-11-23-60(24-12-51)111-81-77(103)75(101)73(99)71(46-92)114-81)52-7-5-49(6-8-52)65(95)28-14-54-44-90(89-88-54)30-32-106-34-36-107-35-33-105-31-29-86-82(116)87-53-13-25-62-61(37-53)78(104)115-83(62)63-26-15-55(93)38-68(63)112-69-39-56(94)16-27-64(69)83/h1-13,15-27,37-41,44,70-77,79-81,91-94,98-103H,14,28-36,42-43,45-46H2,(H2,86,87,116)/t70?,71?,72-,73-,74-,75?,76?,77?,79?,80+,81+/m0/s1. The first kappa shape index (κ1) is 82.5. The summed E-state index contributed by atoms with van der Waals surface area (Å²) in [6.45, 7) is 1.17. The Kier molecular flexibility index (Phi) is 27.2. The van der Waals surface area contributed by atoms with Gasteiger partial charge in [0.25, 0.3) is 6.29 Å². The zero-order valence-corrected chi connectivity index (χ0v) is 62.8. The SMILES string of the molecule is O=C(CCc1cn(CCOCCOCCOCCNC(=S)Nc2ccc3c(c2)C(=O)OC32c3ccc(O)cc3Oc3cc(O)ccc32)nn1)c1ccc(C(Oc2ccc(C=NCC(=O)c3ccc(O[C@@H]4OC(CO)[C@H](O)C(O)C4O)cc3)cc2)Oc2ccc(C=NCC(=O)c3ccc(O[C@@H]4OC(CO)[C@H](O)[C@H](O)C4O)cc3)cc2)cc1. The third-order valence-electron chi connectivity index (χ3n) is 19.2. The number of Topliss-reactive ketones (excluding diaryl/α,β-unsaturated/α-hetero) is 3. The van der Waals surface area contributed by atoms with E-state index in [-0.39, 0.29) is 71.4 Å². The third-order valence-corrected chi connectivity index (χ3v) is 19.5. The Morgan fingerprint density at radius 2 is 1.03 bits per heavy atom. The number of esters is 1. The lowest BCUT2D eigenvalue weighted by atomic mass is 9.77. The van der Waals surface area contributed by atoms with Crippen LogP contribution in [0.2, 0.25) is 0 Å². The van der Waals surface area contributed by atoms with Gasteiger partial charge in [0.1, 0.15) is 108 Å². The summed E-state index contributed by atoms with van der Waals surface area (Å²) in [5.74, 6) is 0.348. The molecule has 4 aliphatic heterocycles. The van der Waals surface area contributed by atoms with Crippen LogP contribution in [0.5, 0.6) is 46.0 Å². The van der Waals surface area contributed by atoms with Crippen LogP contribution in [0.15, 0.2) is 192 Å². The van der Waals surface area contributed by atoms with Gasteiger partial charge in [-0.1, -0.05) is 35.5 Å². The van der Waals surface area contributed by atoms with E-state index in [4.69, 9.17) is 64.3 Å². The first-order chi connectivity index (χ1) is 56.2. The summed E-state index contributed by atoms with van der Waals surface area (Å²) in [5, 5.41) is 116. The number of carbonyl (C=O) groups is 4. The van der Waals surface area contributed by atoms with Crippen LogP contribution >= 0.6 is 12.2 Å². The van der Waals surface area contributed by atoms with Gasteiger partial charge in [0.15, 0.2) is 28.1 Å². The second-order valence-corrected chi connectivity index (χ2v) is 27.6. The number of aliphatic imine (C=N–C) groups is 2. The second kappa shape index (κ2) is 38.3. The normalized spacial score (nSPS) is 20.7. The van der Waals surface area contributed by atoms with Crippen molar-refractivity contribution in [2.24, 2.45) is 9.98 Å². The number of carbonyl (C=O) groups excluding carboxylic acids is 4. The van der Waals surface area contributed by atoms with Crippen LogP contribution in [0.4, 0.5) is 5.69 Å². The lowest BCUT2D eigenvalue weighted by molar-refractivity contribution is -0.277. The Bertz CT molecular complexity index is 4750. The average molecular weight is 1610 g/mol. The number of hydrogen-bond donors (Lipinski definition) is 12. The van der Waals surface area contributed by atoms with Gasteiger partial charge in [-0.05, 0) is 157 Å². The lowest BCUT2D eigenvalue weighted by Crippen LogP contribution is -2.60. The second-order valence-electron chi connectivity index (χ2n) is 27.2. The summed E-state index contributed by atoms with van der Waals surface area (Å²) >= 11 is 5.52. The number of aromatic nitrogens is 3. The van der Waals surface area contributed by atoms with E-state index in [0.29, 0.717) is 143 Å². The number of nitrogens with one attached hydrogen (secondary N) is 2. The number of ketones is 3. The predicted octanol–water partition coefficient (Wildman–Crippen LogP) is 5.23. The molecule has 2 saturated heterocycles. The number of anilines is 1. The topological polar surface area (TPSA) is 452 Å². The van der Waals surface area contributed by atoms with E-state index in [2.05, 4.69) is 30.9 Å². The highest BCUT2D eigenvalue weighted by Gasteiger charge is 2.54. The van der Waals surface area contributed by atoms with Crippen LogP contribution in [0.25, 0.3) is 0 Å². The fraction of sp³-hybridized carbons (Fsp3) is 0.313. The number of phenols is 2. The molecule has 606 valence electrons. The number of aliphatic hydroxyl groups excluding tert-OH is 8. The Labute approximate surface area is 668 Å². The number of aryl methyl sites for hydroxylation is 1. The Morgan fingerprint density at radius 3 is 1.54 bits per heavy atom. The van der Waals surface area contributed by atoms with Crippen LogP contribution in [0, 0.1) is 0 Å². The van der Waals surface area contributed by atoms with Gasteiger partial charge in [0.05, 0.1) is 70.7 Å². The molecule has 2 fully saturated rings. The summed E-state index contributed by atoms with van der Waals surface area (Å²) in [7, 11) is 0. The molecule has 1 aromatic heterocycles. The number of fused-ring (bicyclic) bond motifs is 6. The van der Waals surface area contributed by atoms with Gasteiger partial charge in [0.2, 0.25) is 12.6 Å². The highest BCUT2D eigenvalue weighted by Crippen LogP contribution is 2.57. The molecule has 0 amide bonds. The largest absolute Gasteiger partial charge is 0.508 e. The Hall–Kier alpha value is -11.5. The molecular weight excluding hydrogens is 1530 g/mol. The van der Waals surface area contributed by atoms with Gasteiger partial charge in [-0.3, -0.25) is 24.4 Å². The van der Waals surface area contributed by atoms with Crippen LogP contribution in [0.3, 0.4) is 0 Å². The molecule has 11 atom stereocenters. The monoisotopic (exact) mass is 1610 g/mol. The first-order valence-corrected chi connectivity index (χ1v) is 37.4. The Morgan fingerprint density at radius 1 is 0.552 bits per heavy atom. The molecule has 12 N–H and O–H groups in total. The summed E-state index contributed by atoms with van der Waals surface area (Å²) in [5.41, 5.74) is 4.61. The number of aromatic hydroxyl groups is 2. The van der Waals surface area contributed by atoms with E-state index in [1.165, 1.54) is 85.2 Å². The maximum Gasteiger partial charge on any atom is 0.340 e. The van der Waals surface area contributed by atoms with Crippen LogP contribution in [-0.4, -0.2) is 241 Å². The molecule has 6 unspecified atom stereocenters. The van der Waals surface area contributed by atoms with Crippen molar-refractivity contribution >= 4 is 58.8 Å². The molecule has 116 heavy (non-hydrogen) atoms. The van der Waals surface area contributed by atoms with Gasteiger partial charge in [0, 0.05) is 94.8 Å². The lowest BCUT2D eigenvalue weighted by Gasteiger charge is -2.39. The fourth-order valence-electron chi connectivity index (χ4n) is 13.0. The van der Waals surface area contributed by atoms with E-state index in [1.807, 2.05) is 0 Å². The van der Waals surface area contributed by atoms with Crippen molar-refractivity contribution < 1.29 is 122 Å². The molecule has 33 heteroatoms. The number of phenolic OH excluding ortho intramolecular Hbond substituents is 2. The number of ether oxygens (including phenoxy) is 11. The fourth-order valence-corrected chi connectivity index (χ4v) is 13.2. The van der Waals surface area contributed by atoms with Gasteiger partial charge in [-0.15, -0.1) is 5.10 Å². The third kappa shape index (κ3) is 20.0. The maximum atomic E-state index is 13.6. The van der Waals surface area contributed by atoms with Crippen molar-refractivity contribution in [1.29, 1.82) is 0 Å². The molecule has 32 nitrogen and oxygen atoms in total. The van der Waals surface area contributed by atoms with Gasteiger partial charge >= 0.3 is 5.97 Å². The molecule has 13 rings (SSSR count). The molecular formula is C83H83N7O25S. The smallest absolute Gasteiger partial charge is 0.340 e. The zero-order chi connectivity index (χ0) is 81.4. The Balaban J connectivity index is 0.542. The first-order valence-electron chi connectivity index (χ1n) is 37.0. The van der Waals surface area contributed by atoms with E-state index >= 15 is 0 Å². The molecule has 8 aromatic carbocycles. The quantitative estimate of drug-likeness (QED) is 0.00597. The molecule has 1 spiro atoms. The summed E-state index contributed by atoms with van der Waals surface area (Å²) in [4.78, 5) is 62.1. The zero-order valence-electron chi connectivity index (χ0n) is 62.0. The van der Waals surface area contributed by atoms with Crippen molar-refractivity contribution in [2.75, 3.05) is 77.8 Å². The molecule has 0 radical (unpaired) electrons. The van der Waals surface area contributed by atoms with Crippen molar-refractivity contribution in [3.05, 3.63) is 243 Å². The van der Waals surface area contributed by atoms with Crippen molar-refractivity contribution in [3.63, 3.8) is 0 Å². The van der Waals surface area contributed by atoms with Gasteiger partial charge < -0.3 is 114 Å². The molecule has 0 saturated carbocycles. The number of thiocarbonyl (C=S) groups is 1. The highest BCUT2D eigenvalue weighted by molar-refractivity contribution is 7.80. The minimum Gasteiger partial charge on any atom is -0.508 e. The molecule has 0 bridgehead atoms. The molecule has 4 aliphatic rings. The van der Waals surface area contributed by atoms with Crippen molar-refractivity contribution in [2.45, 2.75) is 92.7 Å². The minimum atomic E-state index is -1.62. The van der Waals surface area contributed by atoms with Crippen LogP contribution < -0.4 is 34.3 Å². The van der Waals surface area contributed by atoms with Crippen LogP contribution in [0.1, 0.15) is 93.2 Å². The van der Waals surface area contributed by atoms with Gasteiger partial charge in [-0.2, -0.15) is 0 Å². The van der Waals surface area contributed by atoms with E-state index < -0.39 is 92.5 Å². The minimum absolute atomic E-state index is 0.0397. The van der Waals surface area contributed by atoms with Crippen LogP contribution in [-0.2, 0) is 47.0 Å². The molecule has 0 aliphatic carbocycles. The van der Waals surface area contributed by atoms with E-state index in [9.17, 15) is 70.2 Å². The summed E-state index contributed by atoms with van der Waals surface area (Å²) < 4.78 is 66.0. The predicted molar refractivity (Wildman–Crippen MR) is 416 cm³/mol. The van der Waals surface area contributed by atoms with Gasteiger partial charge in [-0.25, -0.2) is 9.48 Å². The molecule has 5 heterocycles. The van der Waals surface area contributed by atoms with Crippen molar-refractivity contribution in [3.8, 4) is 46.0 Å². The molecule has 9 aromatic rings. The van der Waals surface area contributed by atoms with E-state index in [0.717, 1.165) is 0 Å². The highest BCUT2D eigenvalue weighted by atomic mass is 32.1. The van der Waals surface area contributed by atoms with Crippen molar-refractivity contribution in [1.82, 2.24) is 20.3 Å². The maximum absolute atomic E-state index is 13.6. The number of rotatable bonds is 36. The number of benzene rings is 8.